The summed E-state index contributed by atoms with van der Waals surface area (Å²) in [7, 11) is 3.56. The van der Waals surface area contributed by atoms with E-state index >= 15 is 0 Å². The molecule has 0 radical (unpaired) electrons. The van der Waals surface area contributed by atoms with Gasteiger partial charge in [-0.2, -0.15) is 0 Å². The van der Waals surface area contributed by atoms with Gasteiger partial charge in [-0.3, -0.25) is 9.78 Å². The standard InChI is InChI=1S/C15H17N3O.C3H8O.C2H6/c1-11-5-6-12(9-16-2)8-14(11)15(19)18-13-4-3-7-17-10-13;1-3-4-2;1-2/h3-8,10,16H,9H2,1-2H3,(H,18,19);3H2,1-2H3;1-2H3. The Morgan fingerprint density at radius 2 is 1.92 bits per heavy atom. The van der Waals surface area contributed by atoms with Gasteiger partial charge in [0.15, 0.2) is 0 Å². The number of nitrogens with one attached hydrogen (secondary N) is 2. The van der Waals surface area contributed by atoms with Crippen molar-refractivity contribution in [1.82, 2.24) is 10.3 Å². The van der Waals surface area contributed by atoms with Crippen LogP contribution in [0.4, 0.5) is 5.69 Å². The smallest absolute Gasteiger partial charge is 0.255 e. The first-order chi connectivity index (χ1) is 12.1. The van der Waals surface area contributed by atoms with E-state index in [-0.39, 0.29) is 5.91 Å². The monoisotopic (exact) mass is 345 g/mol. The van der Waals surface area contributed by atoms with E-state index in [2.05, 4.69) is 20.4 Å². The van der Waals surface area contributed by atoms with Gasteiger partial charge in [0.1, 0.15) is 0 Å². The van der Waals surface area contributed by atoms with Crippen molar-refractivity contribution in [3.63, 3.8) is 0 Å². The highest BCUT2D eigenvalue weighted by molar-refractivity contribution is 6.05. The summed E-state index contributed by atoms with van der Waals surface area (Å²) in [5.41, 5.74) is 3.44. The van der Waals surface area contributed by atoms with E-state index in [9.17, 15) is 4.79 Å². The fraction of sp³-hybridized carbons (Fsp3) is 0.400. The lowest BCUT2D eigenvalue weighted by Gasteiger charge is -2.09. The first kappa shape index (κ1) is 22.8. The summed E-state index contributed by atoms with van der Waals surface area (Å²) in [4.78, 5) is 16.2. The fourth-order valence-electron chi connectivity index (χ4n) is 1.86. The summed E-state index contributed by atoms with van der Waals surface area (Å²) in [6, 6.07) is 9.51. The zero-order valence-electron chi connectivity index (χ0n) is 16.2. The Labute approximate surface area is 151 Å². The molecule has 5 nitrogen and oxygen atoms in total. The van der Waals surface area contributed by atoms with Crippen LogP contribution in [0.1, 0.15) is 42.3 Å². The number of aryl methyl sites for hydroxylation is 1. The topological polar surface area (TPSA) is 63.2 Å². The molecule has 5 heteroatoms. The van der Waals surface area contributed by atoms with Crippen LogP contribution in [-0.2, 0) is 11.3 Å². The SMILES string of the molecule is CC.CCOC.CNCc1ccc(C)c(C(=O)Nc2cccnc2)c1. The molecule has 2 rings (SSSR count). The van der Waals surface area contributed by atoms with Gasteiger partial charge in [0.25, 0.3) is 5.91 Å². The van der Waals surface area contributed by atoms with E-state index in [1.165, 1.54) is 0 Å². The number of ether oxygens (including phenoxy) is 1. The summed E-state index contributed by atoms with van der Waals surface area (Å²) in [5, 5.41) is 5.92. The third kappa shape index (κ3) is 8.98. The summed E-state index contributed by atoms with van der Waals surface area (Å²) >= 11 is 0. The third-order valence-corrected chi connectivity index (χ3v) is 3.14. The molecule has 0 spiro atoms. The third-order valence-electron chi connectivity index (χ3n) is 3.14. The van der Waals surface area contributed by atoms with Crippen LogP contribution >= 0.6 is 0 Å². The Kier molecular flexibility index (Phi) is 12.9. The van der Waals surface area contributed by atoms with E-state index in [0.717, 1.165) is 24.3 Å². The minimum Gasteiger partial charge on any atom is -0.385 e. The Hall–Kier alpha value is -2.24. The van der Waals surface area contributed by atoms with Gasteiger partial charge in [-0.1, -0.05) is 26.0 Å². The van der Waals surface area contributed by atoms with Crippen LogP contribution in [0, 0.1) is 6.92 Å². The minimum atomic E-state index is -0.108. The van der Waals surface area contributed by atoms with Crippen LogP contribution in [-0.4, -0.2) is 31.7 Å². The molecule has 0 unspecified atom stereocenters. The van der Waals surface area contributed by atoms with Crippen molar-refractivity contribution in [3.05, 3.63) is 59.4 Å². The quantitative estimate of drug-likeness (QED) is 0.858. The molecule has 1 aromatic heterocycles. The number of carbonyl (C=O) groups is 1. The van der Waals surface area contributed by atoms with Crippen LogP contribution < -0.4 is 10.6 Å². The Balaban J connectivity index is 0.000000845. The maximum atomic E-state index is 12.2. The van der Waals surface area contributed by atoms with Gasteiger partial charge in [-0.25, -0.2) is 0 Å². The molecule has 0 fully saturated rings. The molecule has 2 N–H and O–H groups in total. The number of hydrogen-bond acceptors (Lipinski definition) is 4. The predicted molar refractivity (Wildman–Crippen MR) is 105 cm³/mol. The van der Waals surface area contributed by atoms with Crippen molar-refractivity contribution in [1.29, 1.82) is 0 Å². The second-order valence-electron chi connectivity index (χ2n) is 4.95. The Morgan fingerprint density at radius 1 is 1.24 bits per heavy atom. The highest BCUT2D eigenvalue weighted by Gasteiger charge is 2.10. The molecular weight excluding hydrogens is 314 g/mol. The summed E-state index contributed by atoms with van der Waals surface area (Å²) < 4.78 is 4.54. The fourth-order valence-corrected chi connectivity index (χ4v) is 1.86. The zero-order chi connectivity index (χ0) is 19.1. The van der Waals surface area contributed by atoms with Crippen molar-refractivity contribution < 1.29 is 9.53 Å². The molecule has 138 valence electrons. The maximum absolute atomic E-state index is 12.2. The molecule has 0 aliphatic rings. The van der Waals surface area contributed by atoms with Crippen molar-refractivity contribution in [2.24, 2.45) is 0 Å². The maximum Gasteiger partial charge on any atom is 0.255 e. The van der Waals surface area contributed by atoms with Gasteiger partial charge in [0.2, 0.25) is 0 Å². The van der Waals surface area contributed by atoms with Crippen LogP contribution in [0.25, 0.3) is 0 Å². The molecular formula is C20H31N3O2. The lowest BCUT2D eigenvalue weighted by Crippen LogP contribution is -2.14. The van der Waals surface area contributed by atoms with Crippen molar-refractivity contribution in [2.45, 2.75) is 34.2 Å². The largest absolute Gasteiger partial charge is 0.385 e. The van der Waals surface area contributed by atoms with E-state index in [1.54, 1.807) is 25.6 Å². The number of aromatic nitrogens is 1. The van der Waals surface area contributed by atoms with Crippen LogP contribution in [0.2, 0.25) is 0 Å². The molecule has 0 atom stereocenters. The van der Waals surface area contributed by atoms with Gasteiger partial charge in [-0.15, -0.1) is 0 Å². The normalized spacial score (nSPS) is 9.20. The number of methoxy groups -OCH3 is 1. The Morgan fingerprint density at radius 3 is 2.44 bits per heavy atom. The number of nitrogens with zero attached hydrogens (tertiary/aromatic N) is 1. The molecule has 25 heavy (non-hydrogen) atoms. The number of carbonyl (C=O) groups excluding carboxylic acids is 1. The van der Waals surface area contributed by atoms with Crippen molar-refractivity contribution in [3.8, 4) is 0 Å². The van der Waals surface area contributed by atoms with Gasteiger partial charge >= 0.3 is 0 Å². The number of amides is 1. The van der Waals surface area contributed by atoms with Gasteiger partial charge < -0.3 is 15.4 Å². The Bertz CT molecular complexity index is 599. The van der Waals surface area contributed by atoms with E-state index < -0.39 is 0 Å². The molecule has 0 aliphatic carbocycles. The number of hydrogen-bond donors (Lipinski definition) is 2. The summed E-state index contributed by atoms with van der Waals surface area (Å²) in [6.45, 7) is 9.45. The predicted octanol–water partition coefficient (Wildman–Crippen LogP) is 4.04. The highest BCUT2D eigenvalue weighted by atomic mass is 16.5. The molecule has 0 saturated carbocycles. The number of benzene rings is 1. The number of anilines is 1. The van der Waals surface area contributed by atoms with E-state index in [1.807, 2.05) is 59.0 Å². The van der Waals surface area contributed by atoms with E-state index in [0.29, 0.717) is 11.3 Å². The second kappa shape index (κ2) is 14.1. The molecule has 0 saturated heterocycles. The van der Waals surface area contributed by atoms with Crippen LogP contribution in [0.5, 0.6) is 0 Å². The molecule has 1 amide bonds. The second-order valence-corrected chi connectivity index (χ2v) is 4.95. The number of pyridine rings is 1. The molecule has 0 aliphatic heterocycles. The number of rotatable bonds is 5. The van der Waals surface area contributed by atoms with Crippen molar-refractivity contribution in [2.75, 3.05) is 26.1 Å². The van der Waals surface area contributed by atoms with Gasteiger partial charge in [-0.05, 0) is 50.2 Å². The van der Waals surface area contributed by atoms with Crippen LogP contribution in [0.3, 0.4) is 0 Å². The average Bonchev–Trinajstić information content (AvgIpc) is 2.66. The van der Waals surface area contributed by atoms with Crippen LogP contribution in [0.15, 0.2) is 42.7 Å². The lowest BCUT2D eigenvalue weighted by molar-refractivity contribution is 0.102. The average molecular weight is 345 g/mol. The highest BCUT2D eigenvalue weighted by Crippen LogP contribution is 2.14. The summed E-state index contributed by atoms with van der Waals surface area (Å²) in [5.74, 6) is -0.108. The molecule has 2 aromatic rings. The van der Waals surface area contributed by atoms with E-state index in [4.69, 9.17) is 0 Å². The first-order valence-corrected chi connectivity index (χ1v) is 8.56. The minimum absolute atomic E-state index is 0.108. The van der Waals surface area contributed by atoms with Gasteiger partial charge in [0.05, 0.1) is 11.9 Å². The molecule has 1 aromatic carbocycles. The van der Waals surface area contributed by atoms with Crippen molar-refractivity contribution >= 4 is 11.6 Å². The van der Waals surface area contributed by atoms with Gasteiger partial charge in [0, 0.05) is 32.0 Å². The first-order valence-electron chi connectivity index (χ1n) is 8.56. The summed E-state index contributed by atoms with van der Waals surface area (Å²) in [6.07, 6.45) is 3.30. The lowest BCUT2D eigenvalue weighted by atomic mass is 10.0. The molecule has 1 heterocycles. The zero-order valence-corrected chi connectivity index (χ0v) is 16.2. The molecule has 0 bridgehead atoms.